The first kappa shape index (κ1) is 18.3. The van der Waals surface area contributed by atoms with Crippen molar-refractivity contribution in [3.63, 3.8) is 0 Å². The Morgan fingerprint density at radius 3 is 2.65 bits per heavy atom. The third kappa shape index (κ3) is 4.59. The summed E-state index contributed by atoms with van der Waals surface area (Å²) in [6.07, 6.45) is 1.49. The second-order valence-electron chi connectivity index (χ2n) is 5.54. The van der Waals surface area contributed by atoms with Crippen LogP contribution in [0, 0.1) is 13.8 Å². The molecule has 0 aliphatic carbocycles. The first-order valence-corrected chi connectivity index (χ1v) is 9.05. The largest absolute Gasteiger partial charge is 0.459 e. The second kappa shape index (κ2) is 7.84. The van der Waals surface area contributed by atoms with Gasteiger partial charge in [0.25, 0.3) is 5.56 Å². The SMILES string of the molecule is Cc1cc(C)nc(SCC(=O)OCc2cc(=O)n3cc(Cl)ccc3n2)n1. The molecular weight excluding hydrogens is 376 g/mol. The normalized spacial score (nSPS) is 10.9. The average Bonchev–Trinajstić information content (AvgIpc) is 2.58. The van der Waals surface area contributed by atoms with E-state index in [-0.39, 0.29) is 17.9 Å². The number of rotatable bonds is 5. The van der Waals surface area contributed by atoms with Gasteiger partial charge in [-0.2, -0.15) is 0 Å². The van der Waals surface area contributed by atoms with Crippen LogP contribution < -0.4 is 5.56 Å². The number of carbonyl (C=O) groups is 1. The van der Waals surface area contributed by atoms with Gasteiger partial charge < -0.3 is 4.74 Å². The Bertz CT molecular complexity index is 1020. The van der Waals surface area contributed by atoms with Crippen molar-refractivity contribution in [1.82, 2.24) is 19.4 Å². The molecule has 0 unspecified atom stereocenters. The van der Waals surface area contributed by atoms with Crippen molar-refractivity contribution in [2.75, 3.05) is 5.75 Å². The van der Waals surface area contributed by atoms with Gasteiger partial charge in [0.1, 0.15) is 12.3 Å². The predicted octanol–water partition coefficient (Wildman–Crippen LogP) is 2.59. The van der Waals surface area contributed by atoms with E-state index in [0.29, 0.717) is 21.5 Å². The molecule has 0 saturated heterocycles. The van der Waals surface area contributed by atoms with E-state index in [4.69, 9.17) is 16.3 Å². The third-order valence-electron chi connectivity index (χ3n) is 3.34. The summed E-state index contributed by atoms with van der Waals surface area (Å²) in [7, 11) is 0. The van der Waals surface area contributed by atoms with Crippen LogP contribution in [-0.4, -0.2) is 31.1 Å². The summed E-state index contributed by atoms with van der Waals surface area (Å²) in [4.78, 5) is 36.8. The maximum atomic E-state index is 12.1. The summed E-state index contributed by atoms with van der Waals surface area (Å²) >= 11 is 7.07. The van der Waals surface area contributed by atoms with E-state index in [1.807, 2.05) is 19.9 Å². The lowest BCUT2D eigenvalue weighted by Gasteiger charge is -2.06. The molecule has 0 atom stereocenters. The van der Waals surface area contributed by atoms with Crippen molar-refractivity contribution in [2.45, 2.75) is 25.6 Å². The molecule has 26 heavy (non-hydrogen) atoms. The smallest absolute Gasteiger partial charge is 0.316 e. The Morgan fingerprint density at radius 2 is 1.92 bits per heavy atom. The minimum Gasteiger partial charge on any atom is -0.459 e. The van der Waals surface area contributed by atoms with Crippen molar-refractivity contribution in [2.24, 2.45) is 0 Å². The number of fused-ring (bicyclic) bond motifs is 1. The number of carbonyl (C=O) groups excluding carboxylic acids is 1. The van der Waals surface area contributed by atoms with Crippen molar-refractivity contribution >= 4 is 35.0 Å². The lowest BCUT2D eigenvalue weighted by molar-refractivity contribution is -0.141. The molecule has 0 aliphatic rings. The second-order valence-corrected chi connectivity index (χ2v) is 6.92. The monoisotopic (exact) mass is 390 g/mol. The molecule has 0 aliphatic heterocycles. The fourth-order valence-electron chi connectivity index (χ4n) is 2.28. The Labute approximate surface area is 158 Å². The van der Waals surface area contributed by atoms with E-state index < -0.39 is 5.97 Å². The summed E-state index contributed by atoms with van der Waals surface area (Å²) in [5.74, 6) is -0.360. The molecule has 3 heterocycles. The molecule has 0 fully saturated rings. The highest BCUT2D eigenvalue weighted by atomic mass is 35.5. The topological polar surface area (TPSA) is 86.5 Å². The first-order valence-electron chi connectivity index (χ1n) is 7.69. The van der Waals surface area contributed by atoms with Gasteiger partial charge in [0.2, 0.25) is 0 Å². The number of halogens is 1. The number of nitrogens with zero attached hydrogens (tertiary/aromatic N) is 4. The minimum absolute atomic E-state index is 0.0745. The molecule has 0 bridgehead atoms. The van der Waals surface area contributed by atoms with Crippen LogP contribution in [0.2, 0.25) is 5.02 Å². The summed E-state index contributed by atoms with van der Waals surface area (Å²) in [5.41, 5.74) is 2.20. The molecule has 9 heteroatoms. The van der Waals surface area contributed by atoms with Crippen LogP contribution in [0.3, 0.4) is 0 Å². The molecule has 0 radical (unpaired) electrons. The molecule has 3 aromatic heterocycles. The van der Waals surface area contributed by atoms with Gasteiger partial charge in [-0.1, -0.05) is 23.4 Å². The maximum Gasteiger partial charge on any atom is 0.316 e. The standard InChI is InChI=1S/C17H15ClN4O3S/c1-10-5-11(2)20-17(19-10)26-9-16(24)25-8-13-6-15(23)22-7-12(18)3-4-14(22)21-13/h3-7H,8-9H2,1-2H3. The van der Waals surface area contributed by atoms with Gasteiger partial charge in [0.05, 0.1) is 16.5 Å². The molecule has 3 rings (SSSR count). The Balaban J connectivity index is 1.61. The fourth-order valence-corrected chi connectivity index (χ4v) is 3.19. The Morgan fingerprint density at radius 1 is 1.19 bits per heavy atom. The van der Waals surface area contributed by atoms with Crippen LogP contribution >= 0.6 is 23.4 Å². The van der Waals surface area contributed by atoms with Crippen LogP contribution in [0.25, 0.3) is 5.65 Å². The highest BCUT2D eigenvalue weighted by Crippen LogP contribution is 2.14. The third-order valence-corrected chi connectivity index (χ3v) is 4.38. The molecular formula is C17H15ClN4O3S. The zero-order chi connectivity index (χ0) is 18.7. The zero-order valence-electron chi connectivity index (χ0n) is 14.1. The van der Waals surface area contributed by atoms with E-state index in [1.165, 1.54) is 28.4 Å². The van der Waals surface area contributed by atoms with E-state index >= 15 is 0 Å². The van der Waals surface area contributed by atoms with Gasteiger partial charge >= 0.3 is 5.97 Å². The summed E-state index contributed by atoms with van der Waals surface area (Å²) in [6.45, 7) is 3.66. The molecule has 3 aromatic rings. The van der Waals surface area contributed by atoms with Gasteiger partial charge in [-0.05, 0) is 32.0 Å². The van der Waals surface area contributed by atoms with Gasteiger partial charge in [0.15, 0.2) is 5.16 Å². The van der Waals surface area contributed by atoms with E-state index in [0.717, 1.165) is 11.4 Å². The molecule has 134 valence electrons. The van der Waals surface area contributed by atoms with Crippen molar-refractivity contribution < 1.29 is 9.53 Å². The average molecular weight is 391 g/mol. The highest BCUT2D eigenvalue weighted by Gasteiger charge is 2.09. The molecule has 0 amide bonds. The highest BCUT2D eigenvalue weighted by molar-refractivity contribution is 7.99. The van der Waals surface area contributed by atoms with E-state index in [9.17, 15) is 9.59 Å². The molecule has 0 saturated carbocycles. The number of ether oxygens (including phenoxy) is 1. The van der Waals surface area contributed by atoms with E-state index in [1.54, 1.807) is 12.1 Å². The molecule has 0 aromatic carbocycles. The summed E-state index contributed by atoms with van der Waals surface area (Å²) in [5, 5.41) is 0.963. The Kier molecular flexibility index (Phi) is 5.53. The number of thioether (sulfide) groups is 1. The van der Waals surface area contributed by atoms with Gasteiger partial charge in [-0.3, -0.25) is 14.0 Å². The summed E-state index contributed by atoms with van der Waals surface area (Å²) in [6, 6.07) is 6.44. The van der Waals surface area contributed by atoms with Crippen LogP contribution in [0.15, 0.2) is 40.4 Å². The van der Waals surface area contributed by atoms with E-state index in [2.05, 4.69) is 15.0 Å². The predicted molar refractivity (Wildman–Crippen MR) is 98.5 cm³/mol. The van der Waals surface area contributed by atoms with Gasteiger partial charge in [-0.25, -0.2) is 15.0 Å². The number of pyridine rings is 1. The molecule has 0 spiro atoms. The van der Waals surface area contributed by atoms with Crippen LogP contribution in [0.5, 0.6) is 0 Å². The number of esters is 1. The molecule has 7 nitrogen and oxygen atoms in total. The number of hydrogen-bond donors (Lipinski definition) is 0. The van der Waals surface area contributed by atoms with Crippen LogP contribution in [0.4, 0.5) is 0 Å². The lowest BCUT2D eigenvalue weighted by Crippen LogP contribution is -2.17. The quantitative estimate of drug-likeness (QED) is 0.376. The van der Waals surface area contributed by atoms with Crippen LogP contribution in [0.1, 0.15) is 17.1 Å². The maximum absolute atomic E-state index is 12.1. The lowest BCUT2D eigenvalue weighted by atomic mass is 10.4. The molecule has 0 N–H and O–H groups in total. The fraction of sp³-hybridized carbons (Fsp3) is 0.235. The minimum atomic E-state index is -0.434. The summed E-state index contributed by atoms with van der Waals surface area (Å²) < 4.78 is 6.52. The Hall–Kier alpha value is -2.45. The van der Waals surface area contributed by atoms with Crippen molar-refractivity contribution in [3.8, 4) is 0 Å². The number of aromatic nitrogens is 4. The van der Waals surface area contributed by atoms with Gasteiger partial charge in [0, 0.05) is 23.7 Å². The van der Waals surface area contributed by atoms with Crippen LogP contribution in [-0.2, 0) is 16.1 Å². The first-order chi connectivity index (χ1) is 12.4. The number of aryl methyl sites for hydroxylation is 2. The van der Waals surface area contributed by atoms with Crippen molar-refractivity contribution in [3.05, 3.63) is 62.9 Å². The van der Waals surface area contributed by atoms with Gasteiger partial charge in [-0.15, -0.1) is 0 Å². The zero-order valence-corrected chi connectivity index (χ0v) is 15.7. The van der Waals surface area contributed by atoms with Crippen molar-refractivity contribution in [1.29, 1.82) is 0 Å². The number of hydrogen-bond acceptors (Lipinski definition) is 7.